The van der Waals surface area contributed by atoms with Crippen molar-refractivity contribution in [3.05, 3.63) is 0 Å². The summed E-state index contributed by atoms with van der Waals surface area (Å²) in [7, 11) is 0. The van der Waals surface area contributed by atoms with E-state index in [0.717, 1.165) is 5.12 Å². The summed E-state index contributed by atoms with van der Waals surface area (Å²) in [6.07, 6.45) is 0.666. The van der Waals surface area contributed by atoms with Crippen molar-refractivity contribution in [3.63, 3.8) is 0 Å². The second-order valence-corrected chi connectivity index (χ2v) is 1.83. The number of rotatable bonds is 4. The number of nitrogens with two attached hydrogens (primary N) is 2. The van der Waals surface area contributed by atoms with Crippen molar-refractivity contribution in [2.24, 2.45) is 16.7 Å². The van der Waals surface area contributed by atoms with Crippen LogP contribution in [0.2, 0.25) is 0 Å². The maximum absolute atomic E-state index is 8.39. The van der Waals surface area contributed by atoms with E-state index in [1.807, 2.05) is 6.92 Å². The quantitative estimate of drug-likeness (QED) is 0.202. The molecule has 0 bridgehead atoms. The van der Waals surface area contributed by atoms with Crippen molar-refractivity contribution >= 4 is 5.84 Å². The summed E-state index contributed by atoms with van der Waals surface area (Å²) in [5.41, 5.74) is 5.35. The Kier molecular flexibility index (Phi) is 4.61. The fourth-order valence-electron chi connectivity index (χ4n) is 0.388. The predicted octanol–water partition coefficient (Wildman–Crippen LogP) is -1.16. The average Bonchev–Trinajstić information content (AvgIpc) is 1.88. The lowest BCUT2D eigenvalue weighted by Crippen LogP contribution is -2.31. The molecule has 0 amide bonds. The highest BCUT2D eigenvalue weighted by atomic mass is 16.3. The van der Waals surface area contributed by atoms with Crippen LogP contribution < -0.4 is 11.6 Å². The van der Waals surface area contributed by atoms with Gasteiger partial charge in [0.05, 0.1) is 13.2 Å². The van der Waals surface area contributed by atoms with Crippen LogP contribution in [0.25, 0.3) is 0 Å². The van der Waals surface area contributed by atoms with Crippen LogP contribution in [0.3, 0.4) is 0 Å². The predicted molar refractivity (Wildman–Crippen MR) is 39.9 cm³/mol. The maximum atomic E-state index is 8.39. The second kappa shape index (κ2) is 5.01. The third kappa shape index (κ3) is 4.11. The first-order chi connectivity index (χ1) is 4.70. The summed E-state index contributed by atoms with van der Waals surface area (Å²) in [6, 6.07) is 0. The molecular weight excluding hydrogens is 132 g/mol. The molecule has 0 atom stereocenters. The largest absolute Gasteiger partial charge is 0.394 e. The lowest BCUT2D eigenvalue weighted by molar-refractivity contribution is 0.204. The Morgan fingerprint density at radius 1 is 1.70 bits per heavy atom. The Hall–Kier alpha value is -0.810. The molecule has 0 unspecified atom stereocenters. The van der Waals surface area contributed by atoms with Crippen molar-refractivity contribution in [2.45, 2.75) is 13.3 Å². The first kappa shape index (κ1) is 9.19. The topological polar surface area (TPSA) is 87.9 Å². The van der Waals surface area contributed by atoms with Crippen LogP contribution in [0, 0.1) is 0 Å². The molecule has 0 aliphatic heterocycles. The van der Waals surface area contributed by atoms with Gasteiger partial charge in [-0.05, 0) is 0 Å². The van der Waals surface area contributed by atoms with Crippen molar-refractivity contribution in [1.82, 2.24) is 5.12 Å². The van der Waals surface area contributed by atoms with Crippen LogP contribution in [0.5, 0.6) is 0 Å². The Balaban J connectivity index is 3.62. The highest BCUT2D eigenvalue weighted by molar-refractivity contribution is 5.79. The van der Waals surface area contributed by atoms with Gasteiger partial charge >= 0.3 is 0 Å². The van der Waals surface area contributed by atoms with Crippen LogP contribution in [0.4, 0.5) is 0 Å². The van der Waals surface area contributed by atoms with Crippen molar-refractivity contribution in [3.8, 4) is 0 Å². The van der Waals surface area contributed by atoms with Crippen LogP contribution in [-0.2, 0) is 0 Å². The molecule has 5 N–H and O–H groups in total. The van der Waals surface area contributed by atoms with E-state index < -0.39 is 0 Å². The molecule has 0 heterocycles. The molecular formula is C5H14N4O. The van der Waals surface area contributed by atoms with Crippen molar-refractivity contribution in [2.75, 3.05) is 13.2 Å². The maximum Gasteiger partial charge on any atom is 0.121 e. The highest BCUT2D eigenvalue weighted by Crippen LogP contribution is 1.81. The Morgan fingerprint density at radius 3 is 2.70 bits per heavy atom. The van der Waals surface area contributed by atoms with Gasteiger partial charge in [0.25, 0.3) is 0 Å². The molecule has 0 fully saturated rings. The lowest BCUT2D eigenvalue weighted by atomic mass is 10.5. The number of amidine groups is 1. The van der Waals surface area contributed by atoms with Crippen LogP contribution >= 0.6 is 0 Å². The third-order valence-electron chi connectivity index (χ3n) is 0.948. The van der Waals surface area contributed by atoms with Gasteiger partial charge in [-0.25, -0.2) is 11.0 Å². The molecule has 0 aromatic carbocycles. The zero-order valence-electron chi connectivity index (χ0n) is 6.12. The molecule has 0 saturated carbocycles. The fourth-order valence-corrected chi connectivity index (χ4v) is 0.388. The van der Waals surface area contributed by atoms with Crippen LogP contribution in [0.15, 0.2) is 5.10 Å². The Bertz CT molecular complexity index is 114. The molecule has 0 saturated heterocycles. The minimum absolute atomic E-state index is 0.0169. The summed E-state index contributed by atoms with van der Waals surface area (Å²) in [4.78, 5) is 0. The number of hydrazone groups is 1. The van der Waals surface area contributed by atoms with E-state index in [9.17, 15) is 0 Å². The molecule has 0 spiro atoms. The minimum atomic E-state index is -0.0169. The summed E-state index contributed by atoms with van der Waals surface area (Å²) in [5, 5.41) is 13.2. The molecule has 0 aromatic rings. The Morgan fingerprint density at radius 2 is 2.30 bits per heavy atom. The zero-order valence-corrected chi connectivity index (χ0v) is 6.12. The number of hydrogen-bond acceptors (Lipinski definition) is 4. The van der Waals surface area contributed by atoms with Gasteiger partial charge < -0.3 is 10.8 Å². The van der Waals surface area contributed by atoms with E-state index in [4.69, 9.17) is 16.7 Å². The molecule has 60 valence electrons. The van der Waals surface area contributed by atoms with Gasteiger partial charge in [-0.2, -0.15) is 0 Å². The number of aliphatic hydroxyl groups excluding tert-OH is 1. The smallest absolute Gasteiger partial charge is 0.121 e. The molecule has 10 heavy (non-hydrogen) atoms. The van der Waals surface area contributed by atoms with E-state index in [-0.39, 0.29) is 6.61 Å². The van der Waals surface area contributed by atoms with Crippen molar-refractivity contribution in [1.29, 1.82) is 0 Å². The van der Waals surface area contributed by atoms with Gasteiger partial charge in [-0.3, -0.25) is 0 Å². The first-order valence-corrected chi connectivity index (χ1v) is 3.16. The lowest BCUT2D eigenvalue weighted by Gasteiger charge is -2.10. The van der Waals surface area contributed by atoms with Gasteiger partial charge in [-0.1, -0.05) is 6.92 Å². The summed E-state index contributed by atoms with van der Waals surface area (Å²) >= 11 is 0. The van der Waals surface area contributed by atoms with E-state index in [0.29, 0.717) is 18.8 Å². The Labute approximate surface area is 60.3 Å². The number of hydrogen-bond donors (Lipinski definition) is 3. The average molecular weight is 146 g/mol. The molecule has 0 aliphatic rings. The normalized spacial score (nSPS) is 11.7. The minimum Gasteiger partial charge on any atom is -0.394 e. The summed E-state index contributed by atoms with van der Waals surface area (Å²) in [5.74, 6) is 5.74. The first-order valence-electron chi connectivity index (χ1n) is 3.16. The molecule has 0 rings (SSSR count). The van der Waals surface area contributed by atoms with Gasteiger partial charge in [-0.15, -0.1) is 5.10 Å². The van der Waals surface area contributed by atoms with E-state index in [1.54, 1.807) is 0 Å². The summed E-state index contributed by atoms with van der Waals surface area (Å²) in [6.45, 7) is 2.17. The summed E-state index contributed by atoms with van der Waals surface area (Å²) < 4.78 is 0. The zero-order chi connectivity index (χ0) is 7.98. The number of aliphatic hydroxyl groups is 1. The van der Waals surface area contributed by atoms with Gasteiger partial charge in [0.15, 0.2) is 0 Å². The van der Waals surface area contributed by atoms with E-state index >= 15 is 0 Å². The molecule has 0 radical (unpaired) electrons. The van der Waals surface area contributed by atoms with Crippen LogP contribution in [0.1, 0.15) is 13.3 Å². The number of hydrazine groups is 1. The van der Waals surface area contributed by atoms with Gasteiger partial charge in [0, 0.05) is 6.42 Å². The third-order valence-corrected chi connectivity index (χ3v) is 0.948. The van der Waals surface area contributed by atoms with E-state index in [1.165, 1.54) is 0 Å². The molecule has 0 aliphatic carbocycles. The number of nitrogens with zero attached hydrogens (tertiary/aromatic N) is 2. The molecule has 5 nitrogen and oxygen atoms in total. The van der Waals surface area contributed by atoms with Crippen molar-refractivity contribution < 1.29 is 5.11 Å². The standard InChI is InChI=1S/C5H14N4O/c1-2-5(6)8-9(7)3-4-10/h10H,2-4,7H2,1H3,(H2,6,8). The SMILES string of the molecule is CC/C(N)=N/N(N)CCO. The van der Waals surface area contributed by atoms with Gasteiger partial charge in [0.1, 0.15) is 5.84 Å². The molecule has 5 heteroatoms. The monoisotopic (exact) mass is 146 g/mol. The van der Waals surface area contributed by atoms with Gasteiger partial charge in [0.2, 0.25) is 0 Å². The van der Waals surface area contributed by atoms with Crippen LogP contribution in [-0.4, -0.2) is 29.2 Å². The molecule has 0 aromatic heterocycles. The highest BCUT2D eigenvalue weighted by Gasteiger charge is 1.92. The second-order valence-electron chi connectivity index (χ2n) is 1.83. The fraction of sp³-hybridized carbons (Fsp3) is 0.800. The van der Waals surface area contributed by atoms with E-state index in [2.05, 4.69) is 5.10 Å².